The van der Waals surface area contributed by atoms with Crippen molar-refractivity contribution in [1.29, 1.82) is 0 Å². The zero-order valence-corrected chi connectivity index (χ0v) is 15.9. The Kier molecular flexibility index (Phi) is 5.62. The number of likely N-dealkylation sites (tertiary alicyclic amines) is 1. The maximum Gasteiger partial charge on any atom is 0.320 e. The number of hydrogen-bond acceptors (Lipinski definition) is 3. The lowest BCUT2D eigenvalue weighted by Gasteiger charge is -2.40. The van der Waals surface area contributed by atoms with E-state index in [-0.39, 0.29) is 6.04 Å². The van der Waals surface area contributed by atoms with E-state index in [1.807, 2.05) is 26.2 Å². The van der Waals surface area contributed by atoms with E-state index in [2.05, 4.69) is 53.1 Å². The number of carboxylic acid groups (broad SMARTS) is 1. The molecule has 1 N–H and O–H groups in total. The first-order valence-corrected chi connectivity index (χ1v) is 9.30. The van der Waals surface area contributed by atoms with Crippen LogP contribution in [-0.2, 0) is 4.79 Å². The molecule has 0 saturated carbocycles. The standard InChI is InChI=1S/C22H28N2O2/c1-16-8-4-5-9-19(16)21(17-11-13-18(14-12-17)23(2)3)24-15-7-6-10-20(24)22(25)26/h4-5,8-9,11-14,20-21H,6-7,10,15H2,1-3H3,(H,25,26). The maximum absolute atomic E-state index is 11.9. The monoisotopic (exact) mass is 352 g/mol. The molecule has 138 valence electrons. The molecule has 0 radical (unpaired) electrons. The molecule has 0 amide bonds. The van der Waals surface area contributed by atoms with Crippen molar-refractivity contribution >= 4 is 11.7 Å². The van der Waals surface area contributed by atoms with Gasteiger partial charge in [0.1, 0.15) is 6.04 Å². The van der Waals surface area contributed by atoms with E-state index in [1.54, 1.807) is 0 Å². The molecular weight excluding hydrogens is 324 g/mol. The minimum atomic E-state index is -0.715. The molecular formula is C22H28N2O2. The molecule has 1 aliphatic heterocycles. The summed E-state index contributed by atoms with van der Waals surface area (Å²) >= 11 is 0. The number of carbonyl (C=O) groups is 1. The highest BCUT2D eigenvalue weighted by Gasteiger charge is 2.35. The summed E-state index contributed by atoms with van der Waals surface area (Å²) in [5.41, 5.74) is 4.69. The number of aryl methyl sites for hydroxylation is 1. The molecule has 0 aliphatic carbocycles. The summed E-state index contributed by atoms with van der Waals surface area (Å²) in [7, 11) is 4.05. The third-order valence-electron chi connectivity index (χ3n) is 5.37. The fraction of sp³-hybridized carbons (Fsp3) is 0.409. The summed E-state index contributed by atoms with van der Waals surface area (Å²) in [5, 5.41) is 9.79. The first kappa shape index (κ1) is 18.5. The van der Waals surface area contributed by atoms with Gasteiger partial charge in [0.15, 0.2) is 0 Å². The van der Waals surface area contributed by atoms with Gasteiger partial charge < -0.3 is 10.0 Å². The van der Waals surface area contributed by atoms with Crippen LogP contribution in [0, 0.1) is 6.92 Å². The summed E-state index contributed by atoms with van der Waals surface area (Å²) in [4.78, 5) is 16.2. The highest BCUT2D eigenvalue weighted by atomic mass is 16.4. The lowest BCUT2D eigenvalue weighted by atomic mass is 9.89. The van der Waals surface area contributed by atoms with Crippen molar-refractivity contribution < 1.29 is 9.90 Å². The Morgan fingerprint density at radius 2 is 1.81 bits per heavy atom. The summed E-state index contributed by atoms with van der Waals surface area (Å²) in [5.74, 6) is -0.715. The third kappa shape index (κ3) is 3.75. The molecule has 26 heavy (non-hydrogen) atoms. The fourth-order valence-electron chi connectivity index (χ4n) is 3.93. The van der Waals surface area contributed by atoms with Crippen LogP contribution in [0.5, 0.6) is 0 Å². The SMILES string of the molecule is Cc1ccccc1C(c1ccc(N(C)C)cc1)N1CCCCC1C(=O)O. The summed E-state index contributed by atoms with van der Waals surface area (Å²) in [6.45, 7) is 2.92. The molecule has 2 atom stereocenters. The van der Waals surface area contributed by atoms with Crippen LogP contribution >= 0.6 is 0 Å². The van der Waals surface area contributed by atoms with Crippen molar-refractivity contribution in [2.75, 3.05) is 25.5 Å². The molecule has 3 rings (SSSR count). The Morgan fingerprint density at radius 3 is 2.42 bits per heavy atom. The van der Waals surface area contributed by atoms with Gasteiger partial charge in [-0.3, -0.25) is 9.69 Å². The average molecular weight is 352 g/mol. The molecule has 1 heterocycles. The van der Waals surface area contributed by atoms with Gasteiger partial charge in [0, 0.05) is 19.8 Å². The number of nitrogens with zero attached hydrogens (tertiary/aromatic N) is 2. The molecule has 4 heteroatoms. The molecule has 1 aliphatic rings. The fourth-order valence-corrected chi connectivity index (χ4v) is 3.93. The van der Waals surface area contributed by atoms with Crippen LogP contribution in [-0.4, -0.2) is 42.7 Å². The van der Waals surface area contributed by atoms with Crippen LogP contribution in [0.4, 0.5) is 5.69 Å². The van der Waals surface area contributed by atoms with Crippen molar-refractivity contribution in [1.82, 2.24) is 4.90 Å². The van der Waals surface area contributed by atoms with Gasteiger partial charge in [-0.15, -0.1) is 0 Å². The van der Waals surface area contributed by atoms with Crippen molar-refractivity contribution in [3.8, 4) is 0 Å². The first-order valence-electron chi connectivity index (χ1n) is 9.30. The Hall–Kier alpha value is -2.33. The minimum absolute atomic E-state index is 0.0335. The molecule has 2 aromatic rings. The molecule has 1 fully saturated rings. The Balaban J connectivity index is 2.07. The zero-order valence-electron chi connectivity index (χ0n) is 15.9. The second kappa shape index (κ2) is 7.92. The summed E-state index contributed by atoms with van der Waals surface area (Å²) in [6, 6.07) is 16.4. The van der Waals surface area contributed by atoms with Crippen LogP contribution in [0.25, 0.3) is 0 Å². The molecule has 0 aromatic heterocycles. The van der Waals surface area contributed by atoms with E-state index in [0.29, 0.717) is 6.42 Å². The average Bonchev–Trinajstić information content (AvgIpc) is 2.64. The zero-order chi connectivity index (χ0) is 18.7. The number of benzene rings is 2. The number of carboxylic acids is 1. The van der Waals surface area contributed by atoms with Gasteiger partial charge in [0.2, 0.25) is 0 Å². The van der Waals surface area contributed by atoms with Gasteiger partial charge in [0.25, 0.3) is 0 Å². The number of aliphatic carboxylic acids is 1. The van der Waals surface area contributed by atoms with E-state index < -0.39 is 12.0 Å². The highest BCUT2D eigenvalue weighted by Crippen LogP contribution is 2.36. The van der Waals surface area contributed by atoms with Gasteiger partial charge in [0.05, 0.1) is 6.04 Å². The highest BCUT2D eigenvalue weighted by molar-refractivity contribution is 5.73. The number of rotatable bonds is 5. The van der Waals surface area contributed by atoms with Crippen molar-refractivity contribution in [3.05, 3.63) is 65.2 Å². The lowest BCUT2D eigenvalue weighted by Crippen LogP contribution is -2.47. The smallest absolute Gasteiger partial charge is 0.320 e. The number of anilines is 1. The third-order valence-corrected chi connectivity index (χ3v) is 5.37. The topological polar surface area (TPSA) is 43.8 Å². The van der Waals surface area contributed by atoms with Crippen molar-refractivity contribution in [2.24, 2.45) is 0 Å². The van der Waals surface area contributed by atoms with E-state index in [4.69, 9.17) is 0 Å². The molecule has 2 aromatic carbocycles. The van der Waals surface area contributed by atoms with E-state index in [1.165, 1.54) is 11.1 Å². The Bertz CT molecular complexity index is 755. The van der Waals surface area contributed by atoms with Crippen molar-refractivity contribution in [3.63, 3.8) is 0 Å². The second-order valence-corrected chi connectivity index (χ2v) is 7.33. The van der Waals surface area contributed by atoms with Crippen LogP contribution in [0.2, 0.25) is 0 Å². The lowest BCUT2D eigenvalue weighted by molar-refractivity contribution is -0.145. The minimum Gasteiger partial charge on any atom is -0.480 e. The maximum atomic E-state index is 11.9. The molecule has 0 bridgehead atoms. The van der Waals surface area contributed by atoms with Crippen LogP contribution in [0.3, 0.4) is 0 Å². The first-order chi connectivity index (χ1) is 12.5. The van der Waals surface area contributed by atoms with Gasteiger partial charge in [-0.1, -0.05) is 42.8 Å². The second-order valence-electron chi connectivity index (χ2n) is 7.33. The quantitative estimate of drug-likeness (QED) is 0.880. The molecule has 0 spiro atoms. The van der Waals surface area contributed by atoms with Gasteiger partial charge in [-0.25, -0.2) is 0 Å². The van der Waals surface area contributed by atoms with Crippen molar-refractivity contribution in [2.45, 2.75) is 38.3 Å². The summed E-state index contributed by atoms with van der Waals surface area (Å²) < 4.78 is 0. The largest absolute Gasteiger partial charge is 0.480 e. The van der Waals surface area contributed by atoms with E-state index in [0.717, 1.165) is 30.6 Å². The van der Waals surface area contributed by atoms with E-state index >= 15 is 0 Å². The van der Waals surface area contributed by atoms with E-state index in [9.17, 15) is 9.90 Å². The van der Waals surface area contributed by atoms with Crippen LogP contribution < -0.4 is 4.90 Å². The molecule has 1 saturated heterocycles. The normalized spacial score (nSPS) is 19.1. The number of hydrogen-bond donors (Lipinski definition) is 1. The Morgan fingerprint density at radius 1 is 1.12 bits per heavy atom. The van der Waals surface area contributed by atoms with Crippen LogP contribution in [0.1, 0.15) is 42.0 Å². The predicted molar refractivity (Wildman–Crippen MR) is 106 cm³/mol. The summed E-state index contributed by atoms with van der Waals surface area (Å²) in [6.07, 6.45) is 2.74. The predicted octanol–water partition coefficient (Wildman–Crippen LogP) is 4.09. The van der Waals surface area contributed by atoms with Gasteiger partial charge >= 0.3 is 5.97 Å². The molecule has 2 unspecified atom stereocenters. The Labute approximate surface area is 156 Å². The van der Waals surface area contributed by atoms with Crippen LogP contribution in [0.15, 0.2) is 48.5 Å². The number of piperidine rings is 1. The van der Waals surface area contributed by atoms with Gasteiger partial charge in [-0.05, 0) is 55.1 Å². The van der Waals surface area contributed by atoms with Gasteiger partial charge in [-0.2, -0.15) is 0 Å². The molecule has 4 nitrogen and oxygen atoms in total.